The van der Waals surface area contributed by atoms with E-state index in [1.807, 2.05) is 196 Å². The SMILES string of the molecule is C=CC(=O)Nc1cc(Nc2ncc(C(=O)OC(C)C)c(-c3cn(OC(C)C)c4ccccc34)n2)c(OC)cc1N(C)CCN(C)C.C=CC(=O)Nc1cc(Nc2ncc(C(=O)OC(C)C)c(-c3cn(OC)c4ccccc34)n2)c(OC)cc1N(C)CCN(C)C.C=CC(=O)Nc1cc(Nc2ncc(C(=O)OC(C)C)c(-c3cn(OCC)c4ccccc34)n2)c(OC)cc1N(C)CCN(C)C.CS(=O)(=O)O.CS(=O)(=O)O.CS(=O)(=O)O. The molecular formula is C102H135N21O24S3. The van der Waals surface area contributed by atoms with Crippen molar-refractivity contribution in [2.24, 2.45) is 0 Å². The first kappa shape index (κ1) is 121. The number of benzene rings is 6. The number of nitrogens with zero attached hydrogens (tertiary/aromatic N) is 15. The molecule has 6 aromatic heterocycles. The van der Waals surface area contributed by atoms with Gasteiger partial charge in [-0.1, -0.05) is 74.3 Å². The second-order valence-electron chi connectivity index (χ2n) is 35.2. The van der Waals surface area contributed by atoms with Crippen LogP contribution >= 0.6 is 0 Å². The number of methoxy groups -OCH3 is 3. The van der Waals surface area contributed by atoms with Crippen LogP contribution in [0.1, 0.15) is 93.4 Å². The molecule has 0 bridgehead atoms. The van der Waals surface area contributed by atoms with Gasteiger partial charge in [0, 0.05) is 130 Å². The smallest absolute Gasteiger partial charge is 0.342 e. The summed E-state index contributed by atoms with van der Waals surface area (Å²) in [5, 5.41) is 20.9. The lowest BCUT2D eigenvalue weighted by atomic mass is 10.1. The first-order valence-electron chi connectivity index (χ1n) is 46.6. The molecule has 9 N–H and O–H groups in total. The lowest BCUT2D eigenvalue weighted by Crippen LogP contribution is -2.29. The van der Waals surface area contributed by atoms with Gasteiger partial charge in [0.25, 0.3) is 30.4 Å². The van der Waals surface area contributed by atoms with E-state index in [4.69, 9.17) is 71.5 Å². The molecule has 0 aliphatic rings. The molecule has 0 unspecified atom stereocenters. The molecule has 810 valence electrons. The Morgan fingerprint density at radius 1 is 0.387 bits per heavy atom. The molecule has 0 radical (unpaired) electrons. The Morgan fingerprint density at radius 3 is 0.893 bits per heavy atom. The van der Waals surface area contributed by atoms with Crippen LogP contribution in [0, 0.1) is 0 Å². The van der Waals surface area contributed by atoms with Crippen molar-refractivity contribution in [2.75, 3.05) is 203 Å². The van der Waals surface area contributed by atoms with Gasteiger partial charge in [-0.2, -0.15) is 39.4 Å². The second-order valence-corrected chi connectivity index (χ2v) is 39.6. The monoisotopic (exact) mass is 2130 g/mol. The number of amides is 3. The summed E-state index contributed by atoms with van der Waals surface area (Å²) in [6.07, 6.45) is 14.4. The number of hydrogen-bond donors (Lipinski definition) is 9. The van der Waals surface area contributed by atoms with Crippen LogP contribution in [-0.2, 0) is 58.9 Å². The number of ether oxygens (including phenoxy) is 6. The number of anilines is 12. The van der Waals surface area contributed by atoms with Gasteiger partial charge in [0.1, 0.15) is 53.8 Å². The van der Waals surface area contributed by atoms with Gasteiger partial charge in [-0.05, 0) is 159 Å². The Hall–Kier alpha value is -15.6. The highest BCUT2D eigenvalue weighted by molar-refractivity contribution is 7.85. The Labute approximate surface area is 874 Å². The summed E-state index contributed by atoms with van der Waals surface area (Å²) in [4.78, 5) is 134. The minimum absolute atomic E-state index is 0.0928. The number of rotatable bonds is 41. The highest BCUT2D eigenvalue weighted by Gasteiger charge is 2.30. The summed E-state index contributed by atoms with van der Waals surface area (Å²) >= 11 is 0. The van der Waals surface area contributed by atoms with E-state index in [-0.39, 0.29) is 76.7 Å². The van der Waals surface area contributed by atoms with E-state index < -0.39 is 48.3 Å². The molecule has 0 saturated heterocycles. The standard InChI is InChI=1S/C34H43N7O5.C33H41N7O5.C32H39N7O5.3CH4O3S/c1-10-31(42)36-26-17-27(30(44-9)18-29(26)40(8)16-15-39(6)7)37-34-35-19-24(33(43)45-21(2)3)32(38-34)25-20-41(46-22(4)5)28-14-12-11-13-23(25)28;1-9-30(41)35-25-17-26(29(43-8)18-28(25)39(7)16-15-38(5)6)36-33-34-19-23(32(42)45-21(3)4)31(37-33)24-20-40(44-10-2)27-14-12-11-13-22(24)27;1-9-29(40)34-24-16-25(28(42-7)17-27(24)38(6)15-14-37(4)5)35-32-33-18-22(31(41)44-20(2)3)30(36-32)23-19-39(43-8)26-13-11-10-12-21(23)26;3*1-5(2,3)4/h10-14,17-22H,1,15-16H2,2-9H3,(H,36,42)(H,35,37,38);9,11-14,17-21H,1,10,15-16H2,2-8H3,(H,35,41)(H,34,36,37);9-13,16-20H,1,14-15H2,2-8H3,(H,34,40)(H,33,35,36);3*1H3,(H,2,3,4). The molecule has 0 fully saturated rings. The van der Waals surface area contributed by atoms with Crippen LogP contribution < -0.4 is 75.3 Å². The van der Waals surface area contributed by atoms with E-state index in [0.29, 0.717) is 130 Å². The van der Waals surface area contributed by atoms with Crippen molar-refractivity contribution in [1.29, 1.82) is 0 Å². The van der Waals surface area contributed by atoms with E-state index in [2.05, 4.69) is 81.3 Å². The normalized spacial score (nSPS) is 11.1. The lowest BCUT2D eigenvalue weighted by molar-refractivity contribution is -0.112. The maximum Gasteiger partial charge on any atom is 0.342 e. The van der Waals surface area contributed by atoms with Gasteiger partial charge in [-0.15, -0.1) is 0 Å². The van der Waals surface area contributed by atoms with Gasteiger partial charge in [-0.3, -0.25) is 28.0 Å². The fourth-order valence-corrected chi connectivity index (χ4v) is 14.0. The first-order valence-corrected chi connectivity index (χ1v) is 52.1. The number of hydrogen-bond acceptors (Lipinski definition) is 36. The fraction of sp³-hybridized carbons (Fsp3) is 0.353. The Bertz CT molecular complexity index is 7020. The zero-order valence-electron chi connectivity index (χ0n) is 88.8. The summed E-state index contributed by atoms with van der Waals surface area (Å²) in [6, 6.07) is 33.8. The van der Waals surface area contributed by atoms with Crippen LogP contribution in [0.5, 0.6) is 17.2 Å². The van der Waals surface area contributed by atoms with Crippen LogP contribution in [0.25, 0.3) is 66.5 Å². The van der Waals surface area contributed by atoms with Gasteiger partial charge in [0.15, 0.2) is 0 Å². The Morgan fingerprint density at radius 2 is 0.647 bits per heavy atom. The van der Waals surface area contributed by atoms with E-state index in [9.17, 15) is 54.0 Å². The molecule has 0 spiro atoms. The fourth-order valence-electron chi connectivity index (χ4n) is 14.0. The van der Waals surface area contributed by atoms with Gasteiger partial charge < -0.3 is 104 Å². The maximum absolute atomic E-state index is 13.3. The van der Waals surface area contributed by atoms with Crippen LogP contribution in [-0.4, -0.2) is 314 Å². The van der Waals surface area contributed by atoms with Gasteiger partial charge in [0.2, 0.25) is 35.6 Å². The molecule has 6 aromatic carbocycles. The average molecular weight is 2140 g/mol. The summed E-state index contributed by atoms with van der Waals surface area (Å²) in [6.45, 7) is 32.2. The second kappa shape index (κ2) is 56.0. The minimum Gasteiger partial charge on any atom is -0.494 e. The number of para-hydroxylation sites is 3. The molecule has 6 heterocycles. The van der Waals surface area contributed by atoms with Crippen molar-refractivity contribution in [1.82, 2.24) is 58.8 Å². The molecule has 45 nitrogen and oxygen atoms in total. The zero-order valence-corrected chi connectivity index (χ0v) is 91.3. The molecule has 150 heavy (non-hydrogen) atoms. The molecule has 12 rings (SSSR count). The highest BCUT2D eigenvalue weighted by Crippen LogP contribution is 2.44. The minimum atomic E-state index is -3.67. The third kappa shape index (κ3) is 37.1. The quantitative estimate of drug-likeness (QED) is 0.00743. The third-order valence-electron chi connectivity index (χ3n) is 20.5. The molecule has 0 atom stereocenters. The number of aromatic nitrogens is 9. The summed E-state index contributed by atoms with van der Waals surface area (Å²) < 4.78 is 116. The van der Waals surface area contributed by atoms with Gasteiger partial charge in [-0.25, -0.2) is 44.3 Å². The van der Waals surface area contributed by atoms with Gasteiger partial charge >= 0.3 is 17.9 Å². The third-order valence-corrected chi connectivity index (χ3v) is 20.5. The summed E-state index contributed by atoms with van der Waals surface area (Å²) in [5.41, 5.74) is 11.5. The van der Waals surface area contributed by atoms with Crippen LogP contribution in [0.2, 0.25) is 0 Å². The lowest BCUT2D eigenvalue weighted by Gasteiger charge is -2.26. The topological polar surface area (TPSA) is 532 Å². The first-order chi connectivity index (χ1) is 70.5. The van der Waals surface area contributed by atoms with E-state index in [1.165, 1.54) is 36.8 Å². The van der Waals surface area contributed by atoms with Gasteiger partial charge in [0.05, 0.1) is 162 Å². The molecule has 48 heteroatoms. The van der Waals surface area contributed by atoms with Crippen LogP contribution in [0.4, 0.5) is 69.0 Å². The van der Waals surface area contributed by atoms with Crippen LogP contribution in [0.3, 0.4) is 0 Å². The summed E-state index contributed by atoms with van der Waals surface area (Å²) in [5.74, 6) is -0.613. The largest absolute Gasteiger partial charge is 0.494 e. The number of carbonyl (C=O) groups is 6. The van der Waals surface area contributed by atoms with Crippen molar-refractivity contribution in [3.05, 3.63) is 201 Å². The highest BCUT2D eigenvalue weighted by atomic mass is 32.2. The van der Waals surface area contributed by atoms with E-state index in [1.54, 1.807) is 115 Å². The number of nitrogens with one attached hydrogen (secondary N) is 6. The molecule has 0 aliphatic heterocycles. The predicted molar refractivity (Wildman–Crippen MR) is 585 cm³/mol. The number of fused-ring (bicyclic) bond motifs is 3. The number of likely N-dealkylation sites (N-methyl/N-ethyl adjacent to an activating group) is 6. The molecular weight excluding hydrogens is 2000 g/mol. The molecule has 0 saturated carbocycles. The molecule has 12 aromatic rings. The molecule has 0 aliphatic carbocycles. The number of esters is 3. The Balaban J connectivity index is 0.000000284. The Kier molecular flexibility index (Phi) is 45.3. The van der Waals surface area contributed by atoms with Crippen LogP contribution in [0.15, 0.2) is 184 Å². The van der Waals surface area contributed by atoms with Crippen molar-refractivity contribution < 1.29 is 111 Å². The molecule has 3 amide bonds. The zero-order chi connectivity index (χ0) is 112. The van der Waals surface area contributed by atoms with Crippen molar-refractivity contribution in [3.63, 3.8) is 0 Å². The predicted octanol–water partition coefficient (Wildman–Crippen LogP) is 13.5. The van der Waals surface area contributed by atoms with Crippen molar-refractivity contribution in [3.8, 4) is 51.0 Å². The average Bonchev–Trinajstić information content (AvgIpc) is 1.61. The number of carbonyl (C=O) groups excluding carboxylic acids is 6. The van der Waals surface area contributed by atoms with Crippen molar-refractivity contribution in [2.45, 2.75) is 86.7 Å². The van der Waals surface area contributed by atoms with E-state index in [0.717, 1.165) is 69.4 Å². The maximum atomic E-state index is 13.3. The van der Waals surface area contributed by atoms with E-state index >= 15 is 0 Å². The van der Waals surface area contributed by atoms with Crippen molar-refractivity contribution >= 4 is 168 Å². The summed E-state index contributed by atoms with van der Waals surface area (Å²) in [7, 11) is 13.1.